The molecule has 0 aliphatic rings. The summed E-state index contributed by atoms with van der Waals surface area (Å²) in [4.78, 5) is 8.62. The molecule has 0 unspecified atom stereocenters. The molecule has 0 saturated carbocycles. The second-order valence-electron chi connectivity index (χ2n) is 6.49. The van der Waals surface area contributed by atoms with Crippen LogP contribution in [0.3, 0.4) is 0 Å². The maximum atomic E-state index is 5.21. The van der Waals surface area contributed by atoms with Gasteiger partial charge < -0.3 is 19.9 Å². The topological polar surface area (TPSA) is 40.1 Å². The first-order valence-corrected chi connectivity index (χ1v) is 8.84. The minimum Gasteiger partial charge on any atom is -0.497 e. The van der Waals surface area contributed by atoms with Crippen LogP contribution >= 0.6 is 0 Å². The molecule has 0 radical (unpaired) electrons. The SMILES string of the molecule is CN=C(NCCc1ccc(N(C)C)cc1)N(C)Cc1ccc(OC)cc1. The number of nitrogens with one attached hydrogen (secondary N) is 1. The molecule has 0 spiro atoms. The first-order chi connectivity index (χ1) is 12.5. The molecule has 2 rings (SSSR count). The van der Waals surface area contributed by atoms with Crippen molar-refractivity contribution in [2.24, 2.45) is 4.99 Å². The molecule has 0 aromatic heterocycles. The maximum Gasteiger partial charge on any atom is 0.193 e. The summed E-state index contributed by atoms with van der Waals surface area (Å²) in [6, 6.07) is 16.8. The molecule has 0 atom stereocenters. The molecule has 0 amide bonds. The van der Waals surface area contributed by atoms with Crippen molar-refractivity contribution in [2.75, 3.05) is 46.7 Å². The van der Waals surface area contributed by atoms with Crippen molar-refractivity contribution in [3.05, 3.63) is 59.7 Å². The highest BCUT2D eigenvalue weighted by molar-refractivity contribution is 5.79. The van der Waals surface area contributed by atoms with Gasteiger partial charge in [-0.05, 0) is 41.8 Å². The van der Waals surface area contributed by atoms with E-state index < -0.39 is 0 Å². The fraction of sp³-hybridized carbons (Fsp3) is 0.381. The summed E-state index contributed by atoms with van der Waals surface area (Å²) in [5.74, 6) is 1.77. The van der Waals surface area contributed by atoms with Crippen molar-refractivity contribution in [3.8, 4) is 5.75 Å². The summed E-state index contributed by atoms with van der Waals surface area (Å²) in [5.41, 5.74) is 3.75. The second-order valence-corrected chi connectivity index (χ2v) is 6.49. The van der Waals surface area contributed by atoms with Gasteiger partial charge >= 0.3 is 0 Å². The van der Waals surface area contributed by atoms with Crippen LogP contribution in [0, 0.1) is 0 Å². The third-order valence-corrected chi connectivity index (χ3v) is 4.30. The van der Waals surface area contributed by atoms with Crippen LogP contribution < -0.4 is 15.0 Å². The number of ether oxygens (including phenoxy) is 1. The predicted octanol–water partition coefficient (Wildman–Crippen LogP) is 3.01. The summed E-state index contributed by atoms with van der Waals surface area (Å²) in [6.45, 7) is 1.64. The molecular formula is C21H30N4O. The summed E-state index contributed by atoms with van der Waals surface area (Å²) in [7, 11) is 9.66. The number of hydrogen-bond acceptors (Lipinski definition) is 3. The van der Waals surface area contributed by atoms with E-state index in [1.807, 2.05) is 26.2 Å². The molecule has 0 fully saturated rings. The smallest absolute Gasteiger partial charge is 0.193 e. The third-order valence-electron chi connectivity index (χ3n) is 4.30. The Labute approximate surface area is 157 Å². The molecule has 2 aromatic rings. The summed E-state index contributed by atoms with van der Waals surface area (Å²) in [5, 5.41) is 3.44. The summed E-state index contributed by atoms with van der Waals surface area (Å²) >= 11 is 0. The largest absolute Gasteiger partial charge is 0.497 e. The molecule has 5 heteroatoms. The van der Waals surface area contributed by atoms with Gasteiger partial charge in [0.15, 0.2) is 5.96 Å². The minimum absolute atomic E-state index is 0.793. The Morgan fingerprint density at radius 2 is 1.58 bits per heavy atom. The predicted molar refractivity (Wildman–Crippen MR) is 110 cm³/mol. The van der Waals surface area contributed by atoms with Crippen LogP contribution in [-0.2, 0) is 13.0 Å². The molecule has 140 valence electrons. The Morgan fingerprint density at radius 1 is 0.962 bits per heavy atom. The Balaban J connectivity index is 1.84. The number of guanidine groups is 1. The highest BCUT2D eigenvalue weighted by atomic mass is 16.5. The lowest BCUT2D eigenvalue weighted by Crippen LogP contribution is -2.39. The first-order valence-electron chi connectivity index (χ1n) is 8.84. The Morgan fingerprint density at radius 3 is 2.12 bits per heavy atom. The molecule has 26 heavy (non-hydrogen) atoms. The van der Waals surface area contributed by atoms with Crippen LogP contribution in [0.25, 0.3) is 0 Å². The van der Waals surface area contributed by atoms with Crippen molar-refractivity contribution < 1.29 is 4.74 Å². The maximum absolute atomic E-state index is 5.21. The van der Waals surface area contributed by atoms with E-state index >= 15 is 0 Å². The van der Waals surface area contributed by atoms with Crippen molar-refractivity contribution in [3.63, 3.8) is 0 Å². The van der Waals surface area contributed by atoms with Crippen LogP contribution in [0.4, 0.5) is 5.69 Å². The van der Waals surface area contributed by atoms with Gasteiger partial charge in [-0.25, -0.2) is 0 Å². The fourth-order valence-corrected chi connectivity index (χ4v) is 2.74. The van der Waals surface area contributed by atoms with Gasteiger partial charge in [-0.2, -0.15) is 0 Å². The summed E-state index contributed by atoms with van der Waals surface area (Å²) < 4.78 is 5.21. The van der Waals surface area contributed by atoms with E-state index in [1.54, 1.807) is 7.11 Å². The van der Waals surface area contributed by atoms with E-state index in [-0.39, 0.29) is 0 Å². The van der Waals surface area contributed by atoms with E-state index in [9.17, 15) is 0 Å². The highest BCUT2D eigenvalue weighted by Gasteiger charge is 2.07. The molecule has 0 heterocycles. The molecule has 0 aliphatic carbocycles. The van der Waals surface area contributed by atoms with Crippen LogP contribution in [0.1, 0.15) is 11.1 Å². The van der Waals surface area contributed by atoms with Crippen molar-refractivity contribution in [2.45, 2.75) is 13.0 Å². The average molecular weight is 354 g/mol. The van der Waals surface area contributed by atoms with Gasteiger partial charge in [-0.3, -0.25) is 4.99 Å². The monoisotopic (exact) mass is 354 g/mol. The van der Waals surface area contributed by atoms with Gasteiger partial charge in [0.2, 0.25) is 0 Å². The van der Waals surface area contributed by atoms with E-state index in [4.69, 9.17) is 4.74 Å². The zero-order valence-corrected chi connectivity index (χ0v) is 16.5. The van der Waals surface area contributed by atoms with E-state index in [0.29, 0.717) is 0 Å². The normalized spacial score (nSPS) is 11.2. The number of nitrogens with zero attached hydrogens (tertiary/aromatic N) is 3. The second kappa shape index (κ2) is 9.70. The van der Waals surface area contributed by atoms with Crippen LogP contribution in [0.15, 0.2) is 53.5 Å². The lowest BCUT2D eigenvalue weighted by atomic mass is 10.1. The zero-order chi connectivity index (χ0) is 18.9. The van der Waals surface area contributed by atoms with E-state index in [1.165, 1.54) is 16.8 Å². The van der Waals surface area contributed by atoms with Gasteiger partial charge in [0, 0.05) is 47.0 Å². The van der Waals surface area contributed by atoms with Gasteiger partial charge in [-0.15, -0.1) is 0 Å². The quantitative estimate of drug-likeness (QED) is 0.613. The van der Waals surface area contributed by atoms with Crippen molar-refractivity contribution in [1.82, 2.24) is 10.2 Å². The average Bonchev–Trinajstić information content (AvgIpc) is 2.66. The standard InChI is InChI=1S/C21H30N4O/c1-22-21(25(4)16-18-8-12-20(26-5)13-9-18)23-15-14-17-6-10-19(11-7-17)24(2)3/h6-13H,14-16H2,1-5H3,(H,22,23). The number of methoxy groups -OCH3 is 1. The third kappa shape index (κ3) is 5.69. The Bertz CT molecular complexity index is 693. The molecular weight excluding hydrogens is 324 g/mol. The minimum atomic E-state index is 0.793. The molecule has 1 N–H and O–H groups in total. The number of rotatable bonds is 7. The molecule has 5 nitrogen and oxygen atoms in total. The van der Waals surface area contributed by atoms with Crippen LogP contribution in [0.2, 0.25) is 0 Å². The zero-order valence-electron chi connectivity index (χ0n) is 16.5. The van der Waals surface area contributed by atoms with E-state index in [2.05, 4.69) is 70.6 Å². The summed E-state index contributed by atoms with van der Waals surface area (Å²) in [6.07, 6.45) is 0.961. The number of hydrogen-bond donors (Lipinski definition) is 1. The Kier molecular flexibility index (Phi) is 7.33. The molecule has 0 bridgehead atoms. The Hall–Kier alpha value is -2.69. The highest BCUT2D eigenvalue weighted by Crippen LogP contribution is 2.13. The molecule has 0 saturated heterocycles. The van der Waals surface area contributed by atoms with Gasteiger partial charge in [0.25, 0.3) is 0 Å². The number of benzene rings is 2. The van der Waals surface area contributed by atoms with Crippen LogP contribution in [-0.4, -0.2) is 52.7 Å². The van der Waals surface area contributed by atoms with Crippen LogP contribution in [0.5, 0.6) is 5.75 Å². The van der Waals surface area contributed by atoms with Gasteiger partial charge in [0.05, 0.1) is 7.11 Å². The number of anilines is 1. The number of aliphatic imine (C=N–C) groups is 1. The van der Waals surface area contributed by atoms with Crippen molar-refractivity contribution in [1.29, 1.82) is 0 Å². The van der Waals surface area contributed by atoms with Crippen molar-refractivity contribution >= 4 is 11.6 Å². The fourth-order valence-electron chi connectivity index (χ4n) is 2.74. The first kappa shape index (κ1) is 19.6. The lowest BCUT2D eigenvalue weighted by molar-refractivity contribution is 0.414. The van der Waals surface area contributed by atoms with Gasteiger partial charge in [0.1, 0.15) is 5.75 Å². The molecule has 0 aliphatic heterocycles. The van der Waals surface area contributed by atoms with Gasteiger partial charge in [-0.1, -0.05) is 24.3 Å². The molecule has 2 aromatic carbocycles. The lowest BCUT2D eigenvalue weighted by Gasteiger charge is -2.22. The van der Waals surface area contributed by atoms with E-state index in [0.717, 1.165) is 31.2 Å².